The van der Waals surface area contributed by atoms with Gasteiger partial charge in [0.1, 0.15) is 13.2 Å². The van der Waals surface area contributed by atoms with E-state index in [0.29, 0.717) is 19.3 Å². The van der Waals surface area contributed by atoms with Gasteiger partial charge in [-0.25, -0.2) is 0 Å². The second kappa shape index (κ2) is 69.6. The number of hydrogen-bond donors (Lipinski definition) is 0. The van der Waals surface area contributed by atoms with E-state index in [1.165, 1.54) is 186 Å². The van der Waals surface area contributed by atoms with Gasteiger partial charge in [0.25, 0.3) is 0 Å². The van der Waals surface area contributed by atoms with Crippen LogP contribution in [-0.4, -0.2) is 37.2 Å². The molecular formula is C76H130O6. The number of ether oxygens (including phenoxy) is 3. The maximum atomic E-state index is 12.9. The van der Waals surface area contributed by atoms with Crippen LogP contribution in [-0.2, 0) is 28.6 Å². The molecule has 1 atom stereocenters. The highest BCUT2D eigenvalue weighted by atomic mass is 16.6. The summed E-state index contributed by atoms with van der Waals surface area (Å²) in [6, 6.07) is 0. The van der Waals surface area contributed by atoms with Crippen molar-refractivity contribution in [1.29, 1.82) is 0 Å². The van der Waals surface area contributed by atoms with Gasteiger partial charge in [-0.2, -0.15) is 0 Å². The largest absolute Gasteiger partial charge is 0.462 e. The molecule has 0 radical (unpaired) electrons. The van der Waals surface area contributed by atoms with Gasteiger partial charge in [0.2, 0.25) is 0 Å². The van der Waals surface area contributed by atoms with Gasteiger partial charge in [-0.1, -0.05) is 316 Å². The van der Waals surface area contributed by atoms with E-state index in [2.05, 4.69) is 130 Å². The number of carbonyl (C=O) groups is 3. The summed E-state index contributed by atoms with van der Waals surface area (Å²) in [5.74, 6) is -0.877. The third-order valence-corrected chi connectivity index (χ3v) is 15.0. The van der Waals surface area contributed by atoms with Crippen LogP contribution in [0.4, 0.5) is 0 Å². The van der Waals surface area contributed by atoms with Crippen molar-refractivity contribution in [1.82, 2.24) is 0 Å². The first-order valence-electron chi connectivity index (χ1n) is 34.9. The minimum atomic E-state index is -0.780. The third kappa shape index (κ3) is 66.9. The van der Waals surface area contributed by atoms with Crippen molar-refractivity contribution in [3.05, 3.63) is 109 Å². The maximum Gasteiger partial charge on any atom is 0.306 e. The fraction of sp³-hybridized carbons (Fsp3) is 0.724. The minimum Gasteiger partial charge on any atom is -0.462 e. The summed E-state index contributed by atoms with van der Waals surface area (Å²) < 4.78 is 16.9. The van der Waals surface area contributed by atoms with Gasteiger partial charge in [-0.3, -0.25) is 14.4 Å². The summed E-state index contributed by atoms with van der Waals surface area (Å²) in [6.07, 6.45) is 95.6. The fourth-order valence-corrected chi connectivity index (χ4v) is 9.81. The Hall–Kier alpha value is -3.93. The average molecular weight is 1140 g/mol. The molecule has 0 bridgehead atoms. The second-order valence-electron chi connectivity index (χ2n) is 23.1. The molecule has 470 valence electrons. The van der Waals surface area contributed by atoms with E-state index < -0.39 is 6.10 Å². The van der Waals surface area contributed by atoms with Gasteiger partial charge in [0, 0.05) is 19.3 Å². The van der Waals surface area contributed by atoms with Crippen LogP contribution in [0.2, 0.25) is 0 Å². The van der Waals surface area contributed by atoms with E-state index in [4.69, 9.17) is 14.2 Å². The average Bonchev–Trinajstić information content (AvgIpc) is 3.47. The zero-order valence-electron chi connectivity index (χ0n) is 54.0. The lowest BCUT2D eigenvalue weighted by Gasteiger charge is -2.18. The molecule has 0 amide bonds. The number of hydrogen-bond acceptors (Lipinski definition) is 6. The Kier molecular flexibility index (Phi) is 66.2. The predicted octanol–water partition coefficient (Wildman–Crippen LogP) is 24.2. The standard InChI is InChI=1S/C76H130O6/c1-4-7-10-13-16-19-21-23-25-27-29-31-33-35-36-37-38-39-40-42-43-45-47-49-51-53-55-57-60-63-66-69-75(78)81-72-73(71-80-74(77)68-65-62-59-18-15-12-9-6-3)82-76(79)70-67-64-61-58-56-54-52-50-48-46-44-41-34-32-30-28-26-24-22-20-17-14-11-8-5-2/h7,10,16,19,22-25,28-31,34-36,38-39,41,73H,4-6,8-9,11-15,17-18,20-21,26-27,32-33,37,40,42-72H2,1-3H3/b10-7-,19-16-,24-22-,25-23-,30-28-,31-29-,36-35-,39-38-,41-34-. The van der Waals surface area contributed by atoms with E-state index in [9.17, 15) is 14.4 Å². The predicted molar refractivity (Wildman–Crippen MR) is 357 cm³/mol. The Morgan fingerprint density at radius 1 is 0.256 bits per heavy atom. The van der Waals surface area contributed by atoms with Crippen molar-refractivity contribution in [2.75, 3.05) is 13.2 Å². The smallest absolute Gasteiger partial charge is 0.306 e. The molecule has 0 fully saturated rings. The molecule has 0 saturated heterocycles. The molecule has 0 aromatic rings. The van der Waals surface area contributed by atoms with Crippen molar-refractivity contribution >= 4 is 17.9 Å². The Bertz CT molecular complexity index is 1640. The number of rotatable bonds is 63. The maximum absolute atomic E-state index is 12.9. The molecule has 0 N–H and O–H groups in total. The lowest BCUT2D eigenvalue weighted by atomic mass is 10.0. The Morgan fingerprint density at radius 2 is 0.476 bits per heavy atom. The number of allylic oxidation sites excluding steroid dienone is 18. The first kappa shape index (κ1) is 78.1. The molecule has 0 aromatic heterocycles. The third-order valence-electron chi connectivity index (χ3n) is 15.0. The fourth-order valence-electron chi connectivity index (χ4n) is 9.81. The number of unbranched alkanes of at least 4 members (excludes halogenated alkanes) is 34. The Balaban J connectivity index is 4.14. The molecule has 0 aromatic carbocycles. The Labute approximate surface area is 508 Å². The number of carbonyl (C=O) groups excluding carboxylic acids is 3. The lowest BCUT2D eigenvalue weighted by molar-refractivity contribution is -0.167. The summed E-state index contributed by atoms with van der Waals surface area (Å²) in [5.41, 5.74) is 0. The molecule has 0 spiro atoms. The van der Waals surface area contributed by atoms with Crippen LogP contribution in [0.5, 0.6) is 0 Å². The van der Waals surface area contributed by atoms with Crippen LogP contribution in [0.15, 0.2) is 109 Å². The molecule has 0 aliphatic carbocycles. The highest BCUT2D eigenvalue weighted by Gasteiger charge is 2.19. The summed E-state index contributed by atoms with van der Waals surface area (Å²) in [5, 5.41) is 0. The van der Waals surface area contributed by atoms with Crippen LogP contribution in [0, 0.1) is 0 Å². The van der Waals surface area contributed by atoms with Crippen LogP contribution in [0.3, 0.4) is 0 Å². The van der Waals surface area contributed by atoms with Crippen molar-refractivity contribution in [3.8, 4) is 0 Å². The second-order valence-corrected chi connectivity index (χ2v) is 23.1. The highest BCUT2D eigenvalue weighted by Crippen LogP contribution is 2.17. The van der Waals surface area contributed by atoms with Gasteiger partial charge < -0.3 is 14.2 Å². The zero-order chi connectivity index (χ0) is 59.2. The molecule has 0 rings (SSSR count). The molecular weight excluding hydrogens is 1010 g/mol. The monoisotopic (exact) mass is 1140 g/mol. The molecule has 6 heteroatoms. The molecule has 0 saturated carbocycles. The molecule has 0 heterocycles. The van der Waals surface area contributed by atoms with Crippen LogP contribution in [0.25, 0.3) is 0 Å². The van der Waals surface area contributed by atoms with Gasteiger partial charge in [0.15, 0.2) is 6.10 Å². The van der Waals surface area contributed by atoms with E-state index in [1.54, 1.807) is 0 Å². The molecule has 82 heavy (non-hydrogen) atoms. The van der Waals surface area contributed by atoms with E-state index >= 15 is 0 Å². The van der Waals surface area contributed by atoms with Crippen molar-refractivity contribution in [2.45, 2.75) is 341 Å². The van der Waals surface area contributed by atoms with Gasteiger partial charge in [0.05, 0.1) is 0 Å². The van der Waals surface area contributed by atoms with Crippen LogP contribution in [0.1, 0.15) is 335 Å². The Morgan fingerprint density at radius 3 is 0.744 bits per heavy atom. The zero-order valence-corrected chi connectivity index (χ0v) is 54.0. The SMILES string of the molecule is CC/C=C\C/C=C\C/C=C\C/C=C\C/C=C\C/C=C\CCCCCCCCCCCCCCC(=O)OCC(COC(=O)CCCCCCCCCC)OC(=O)CCCCCCCCCCCC/C=C\C/C=C\C/C=C\CCCCCCC. The summed E-state index contributed by atoms with van der Waals surface area (Å²) in [7, 11) is 0. The van der Waals surface area contributed by atoms with Crippen molar-refractivity contribution in [3.63, 3.8) is 0 Å². The molecule has 0 aliphatic rings. The normalized spacial score (nSPS) is 12.8. The van der Waals surface area contributed by atoms with E-state index in [-0.39, 0.29) is 31.1 Å². The topological polar surface area (TPSA) is 78.9 Å². The molecule has 0 aliphatic heterocycles. The van der Waals surface area contributed by atoms with Crippen molar-refractivity contribution in [2.24, 2.45) is 0 Å². The van der Waals surface area contributed by atoms with Crippen LogP contribution >= 0.6 is 0 Å². The number of esters is 3. The summed E-state index contributed by atoms with van der Waals surface area (Å²) >= 11 is 0. The quantitative estimate of drug-likeness (QED) is 0.0261. The van der Waals surface area contributed by atoms with Crippen LogP contribution < -0.4 is 0 Å². The van der Waals surface area contributed by atoms with Gasteiger partial charge in [-0.15, -0.1) is 0 Å². The first-order valence-corrected chi connectivity index (χ1v) is 34.9. The lowest BCUT2D eigenvalue weighted by Crippen LogP contribution is -2.30. The molecule has 1 unspecified atom stereocenters. The first-order chi connectivity index (χ1) is 40.5. The summed E-state index contributed by atoms with van der Waals surface area (Å²) in [4.78, 5) is 38.2. The van der Waals surface area contributed by atoms with Gasteiger partial charge >= 0.3 is 17.9 Å². The molecule has 6 nitrogen and oxygen atoms in total. The van der Waals surface area contributed by atoms with E-state index in [0.717, 1.165) is 109 Å². The minimum absolute atomic E-state index is 0.0775. The van der Waals surface area contributed by atoms with Crippen molar-refractivity contribution < 1.29 is 28.6 Å². The summed E-state index contributed by atoms with van der Waals surface area (Å²) in [6.45, 7) is 6.51. The van der Waals surface area contributed by atoms with E-state index in [1.807, 2.05) is 0 Å². The highest BCUT2D eigenvalue weighted by molar-refractivity contribution is 5.71. The van der Waals surface area contributed by atoms with Gasteiger partial charge in [-0.05, 0) is 109 Å².